The van der Waals surface area contributed by atoms with Crippen LogP contribution in [0.2, 0.25) is 0 Å². The van der Waals surface area contributed by atoms with Crippen molar-refractivity contribution in [3.63, 3.8) is 0 Å². The van der Waals surface area contributed by atoms with Crippen LogP contribution in [-0.4, -0.2) is 31.2 Å². The minimum absolute atomic E-state index is 0.123. The van der Waals surface area contributed by atoms with E-state index in [2.05, 4.69) is 20.1 Å². The lowest BCUT2D eigenvalue weighted by Crippen LogP contribution is -2.10. The second-order valence-corrected chi connectivity index (χ2v) is 5.79. The lowest BCUT2D eigenvalue weighted by atomic mass is 10.2. The van der Waals surface area contributed by atoms with Crippen molar-refractivity contribution < 1.29 is 14.4 Å². The first-order valence-electron chi connectivity index (χ1n) is 6.42. The molecule has 2 rings (SSSR count). The molecule has 8 heteroatoms. The van der Waals surface area contributed by atoms with Crippen molar-refractivity contribution in [1.82, 2.24) is 20.1 Å². The van der Waals surface area contributed by atoms with Crippen LogP contribution in [0.25, 0.3) is 0 Å². The first kappa shape index (κ1) is 15.4. The van der Waals surface area contributed by atoms with Crippen LogP contribution in [0.15, 0.2) is 9.55 Å². The highest BCUT2D eigenvalue weighted by Crippen LogP contribution is 2.27. The molecule has 0 amide bonds. The quantitative estimate of drug-likeness (QED) is 0.664. The van der Waals surface area contributed by atoms with Crippen LogP contribution in [0.1, 0.15) is 53.4 Å². The molecule has 7 nitrogen and oxygen atoms in total. The molecule has 2 aromatic heterocycles. The molecular weight excluding hydrogens is 292 g/mol. The second-order valence-electron chi connectivity index (χ2n) is 4.83. The fourth-order valence-corrected chi connectivity index (χ4v) is 2.63. The summed E-state index contributed by atoms with van der Waals surface area (Å²) in [5.41, 5.74) is 0.595. The molecule has 0 radical (unpaired) electrons. The molecule has 0 aliphatic carbocycles. The minimum Gasteiger partial charge on any atom is -0.478 e. The van der Waals surface area contributed by atoms with Crippen molar-refractivity contribution in [2.45, 2.75) is 44.4 Å². The SMILES string of the molecule is Cc1nc(CSc2nc(C(C)C)nc(C)c2C(=O)O)no1. The van der Waals surface area contributed by atoms with Gasteiger partial charge in [-0.3, -0.25) is 0 Å². The van der Waals surface area contributed by atoms with E-state index in [0.717, 1.165) is 0 Å². The van der Waals surface area contributed by atoms with Crippen LogP contribution in [0, 0.1) is 13.8 Å². The topological polar surface area (TPSA) is 102 Å². The van der Waals surface area contributed by atoms with E-state index in [1.165, 1.54) is 11.8 Å². The van der Waals surface area contributed by atoms with Crippen molar-refractivity contribution in [1.29, 1.82) is 0 Å². The van der Waals surface area contributed by atoms with E-state index in [9.17, 15) is 9.90 Å². The predicted molar refractivity (Wildman–Crippen MR) is 76.4 cm³/mol. The van der Waals surface area contributed by atoms with Crippen LogP contribution in [0.4, 0.5) is 0 Å². The third-order valence-corrected chi connectivity index (χ3v) is 3.68. The first-order valence-corrected chi connectivity index (χ1v) is 7.41. The summed E-state index contributed by atoms with van der Waals surface area (Å²) in [6, 6.07) is 0. The molecule has 0 saturated carbocycles. The molecule has 1 N–H and O–H groups in total. The first-order chi connectivity index (χ1) is 9.88. The van der Waals surface area contributed by atoms with Gasteiger partial charge in [0.1, 0.15) is 16.4 Å². The fourth-order valence-electron chi connectivity index (χ4n) is 1.71. The number of hydrogen-bond acceptors (Lipinski definition) is 7. The van der Waals surface area contributed by atoms with Crippen molar-refractivity contribution >= 4 is 17.7 Å². The minimum atomic E-state index is -1.03. The molecule has 0 atom stereocenters. The lowest BCUT2D eigenvalue weighted by Gasteiger charge is -2.11. The molecule has 0 aliphatic heterocycles. The Kier molecular flexibility index (Phi) is 4.56. The van der Waals surface area contributed by atoms with Crippen LogP contribution >= 0.6 is 11.8 Å². The maximum atomic E-state index is 11.4. The van der Waals surface area contributed by atoms with Crippen LogP contribution < -0.4 is 0 Å². The Hall–Kier alpha value is -1.96. The Bertz CT molecular complexity index is 669. The van der Waals surface area contributed by atoms with Gasteiger partial charge in [0.2, 0.25) is 5.89 Å². The predicted octanol–water partition coefficient (Wildman–Crippen LogP) is 2.59. The summed E-state index contributed by atoms with van der Waals surface area (Å²) in [4.78, 5) is 24.1. The number of nitrogens with zero attached hydrogens (tertiary/aromatic N) is 4. The summed E-state index contributed by atoms with van der Waals surface area (Å²) in [6.45, 7) is 7.31. The van der Waals surface area contributed by atoms with Gasteiger partial charge in [-0.2, -0.15) is 4.98 Å². The van der Waals surface area contributed by atoms with Crippen molar-refractivity contribution in [2.75, 3.05) is 0 Å². The average molecular weight is 308 g/mol. The third kappa shape index (κ3) is 3.57. The molecule has 0 spiro atoms. The zero-order valence-electron chi connectivity index (χ0n) is 12.2. The Morgan fingerprint density at radius 1 is 1.29 bits per heavy atom. The number of aromatic carboxylic acids is 1. The van der Waals surface area contributed by atoms with Gasteiger partial charge >= 0.3 is 5.97 Å². The molecule has 21 heavy (non-hydrogen) atoms. The summed E-state index contributed by atoms with van der Waals surface area (Å²) in [5.74, 6) is 1.10. The van der Waals surface area contributed by atoms with Crippen molar-refractivity contribution in [3.8, 4) is 0 Å². The van der Waals surface area contributed by atoms with E-state index in [1.807, 2.05) is 13.8 Å². The van der Waals surface area contributed by atoms with Gasteiger partial charge in [-0.05, 0) is 6.92 Å². The maximum absolute atomic E-state index is 11.4. The van der Waals surface area contributed by atoms with Crippen LogP contribution in [-0.2, 0) is 5.75 Å². The van der Waals surface area contributed by atoms with Gasteiger partial charge in [-0.1, -0.05) is 30.8 Å². The summed E-state index contributed by atoms with van der Waals surface area (Å²) >= 11 is 1.27. The Labute approximate surface area is 126 Å². The summed E-state index contributed by atoms with van der Waals surface area (Å²) in [5, 5.41) is 13.6. The van der Waals surface area contributed by atoms with E-state index in [1.54, 1.807) is 13.8 Å². The van der Waals surface area contributed by atoms with Gasteiger partial charge in [0.05, 0.1) is 11.4 Å². The molecule has 0 saturated heterocycles. The van der Waals surface area contributed by atoms with Gasteiger partial charge in [-0.25, -0.2) is 14.8 Å². The Morgan fingerprint density at radius 2 is 2.00 bits per heavy atom. The summed E-state index contributed by atoms with van der Waals surface area (Å²) in [6.07, 6.45) is 0. The standard InChI is InChI=1S/C13H16N4O3S/c1-6(2)11-14-7(3)10(13(18)19)12(16-11)21-5-9-15-8(4)20-17-9/h6H,5H2,1-4H3,(H,18,19). The number of thioether (sulfide) groups is 1. The second kappa shape index (κ2) is 6.21. The molecular formula is C13H16N4O3S. The van der Waals surface area contributed by atoms with Gasteiger partial charge in [0.25, 0.3) is 0 Å². The number of carboxylic acids is 1. The molecule has 0 bridgehead atoms. The van der Waals surface area contributed by atoms with E-state index >= 15 is 0 Å². The number of rotatable bonds is 5. The number of aryl methyl sites for hydroxylation is 2. The largest absolute Gasteiger partial charge is 0.478 e. The summed E-state index contributed by atoms with van der Waals surface area (Å²) in [7, 11) is 0. The number of carboxylic acid groups (broad SMARTS) is 1. The molecule has 2 aromatic rings. The normalized spacial score (nSPS) is 11.1. The molecule has 0 fully saturated rings. The van der Waals surface area contributed by atoms with Crippen LogP contribution in [0.3, 0.4) is 0 Å². The lowest BCUT2D eigenvalue weighted by molar-refractivity contribution is 0.0690. The number of carbonyl (C=O) groups is 1. The molecule has 0 unspecified atom stereocenters. The van der Waals surface area contributed by atoms with E-state index in [-0.39, 0.29) is 11.5 Å². The van der Waals surface area contributed by atoms with Crippen molar-refractivity contribution in [2.24, 2.45) is 0 Å². The third-order valence-electron chi connectivity index (χ3n) is 2.71. The molecule has 112 valence electrons. The Balaban J connectivity index is 2.32. The van der Waals surface area contributed by atoms with Crippen molar-refractivity contribution in [3.05, 3.63) is 28.8 Å². The van der Waals surface area contributed by atoms with Gasteiger partial charge in [0, 0.05) is 12.8 Å². The highest BCUT2D eigenvalue weighted by Gasteiger charge is 2.20. The highest BCUT2D eigenvalue weighted by molar-refractivity contribution is 7.98. The van der Waals surface area contributed by atoms with Gasteiger partial charge in [-0.15, -0.1) is 0 Å². The van der Waals surface area contributed by atoms with Gasteiger partial charge < -0.3 is 9.63 Å². The van der Waals surface area contributed by atoms with E-state index in [4.69, 9.17) is 4.52 Å². The number of hydrogen-bond donors (Lipinski definition) is 1. The van der Waals surface area contributed by atoms with E-state index < -0.39 is 5.97 Å². The fraction of sp³-hybridized carbons (Fsp3) is 0.462. The molecule has 0 aromatic carbocycles. The molecule has 0 aliphatic rings. The molecule has 2 heterocycles. The smallest absolute Gasteiger partial charge is 0.340 e. The highest BCUT2D eigenvalue weighted by atomic mass is 32.2. The van der Waals surface area contributed by atoms with Crippen LogP contribution in [0.5, 0.6) is 0 Å². The zero-order chi connectivity index (χ0) is 15.6. The summed E-state index contributed by atoms with van der Waals surface area (Å²) < 4.78 is 4.89. The van der Waals surface area contributed by atoms with Gasteiger partial charge in [0.15, 0.2) is 5.82 Å². The maximum Gasteiger partial charge on any atom is 0.340 e. The Morgan fingerprint density at radius 3 is 2.52 bits per heavy atom. The number of aromatic nitrogens is 4. The zero-order valence-corrected chi connectivity index (χ0v) is 13.1. The van der Waals surface area contributed by atoms with E-state index in [0.29, 0.717) is 34.0 Å². The monoisotopic (exact) mass is 308 g/mol. The average Bonchev–Trinajstić information content (AvgIpc) is 2.80.